The van der Waals surface area contributed by atoms with E-state index in [2.05, 4.69) is 26.3 Å². The molecule has 1 aromatic carbocycles. The number of benzene rings is 1. The molecule has 2 aromatic heterocycles. The minimum Gasteiger partial charge on any atom is -0.497 e. The van der Waals surface area contributed by atoms with Crippen molar-refractivity contribution < 1.29 is 19.1 Å². The molecule has 7 rings (SSSR count). The van der Waals surface area contributed by atoms with E-state index in [1.807, 2.05) is 10.6 Å². The average molecular weight is 547 g/mol. The molecule has 0 unspecified atom stereocenters. The van der Waals surface area contributed by atoms with Crippen LogP contribution in [0.2, 0.25) is 0 Å². The molecule has 0 bridgehead atoms. The van der Waals surface area contributed by atoms with E-state index in [-0.39, 0.29) is 29.7 Å². The van der Waals surface area contributed by atoms with Crippen LogP contribution in [0.3, 0.4) is 0 Å². The molecule has 11 heteroatoms. The van der Waals surface area contributed by atoms with Gasteiger partial charge in [-0.05, 0) is 68.6 Å². The molecule has 2 fully saturated rings. The highest BCUT2D eigenvalue weighted by Gasteiger charge is 2.36. The van der Waals surface area contributed by atoms with E-state index in [0.29, 0.717) is 52.4 Å². The van der Waals surface area contributed by atoms with E-state index in [9.17, 15) is 14.4 Å². The van der Waals surface area contributed by atoms with Crippen molar-refractivity contribution in [2.75, 3.05) is 29.6 Å². The number of aryl methyl sites for hydroxylation is 1. The second-order valence-corrected chi connectivity index (χ2v) is 12.0. The number of hydrogen-bond donors (Lipinski definition) is 4. The van der Waals surface area contributed by atoms with Gasteiger partial charge >= 0.3 is 0 Å². The summed E-state index contributed by atoms with van der Waals surface area (Å²) < 4.78 is 7.40. The summed E-state index contributed by atoms with van der Waals surface area (Å²) >= 11 is 1.53. The lowest BCUT2D eigenvalue weighted by atomic mass is 9.91. The van der Waals surface area contributed by atoms with Crippen LogP contribution in [0, 0.1) is 11.8 Å². The van der Waals surface area contributed by atoms with E-state index in [1.54, 1.807) is 25.6 Å². The topological polar surface area (TPSA) is 126 Å². The molecule has 4 aliphatic rings. The van der Waals surface area contributed by atoms with Gasteiger partial charge in [0, 0.05) is 29.4 Å². The molecule has 202 valence electrons. The zero-order chi connectivity index (χ0) is 26.7. The zero-order valence-electron chi connectivity index (χ0n) is 21.6. The number of amides is 3. The number of imidazole rings is 1. The van der Waals surface area contributed by atoms with Gasteiger partial charge in [0.25, 0.3) is 11.8 Å². The molecule has 4 N–H and O–H groups in total. The van der Waals surface area contributed by atoms with E-state index < -0.39 is 0 Å². The number of methoxy groups -OCH3 is 1. The van der Waals surface area contributed by atoms with Crippen molar-refractivity contribution in [2.24, 2.45) is 11.8 Å². The lowest BCUT2D eigenvalue weighted by Crippen LogP contribution is -2.28. The van der Waals surface area contributed by atoms with Crippen molar-refractivity contribution >= 4 is 51.3 Å². The van der Waals surface area contributed by atoms with Crippen LogP contribution in [0.5, 0.6) is 5.75 Å². The van der Waals surface area contributed by atoms with Gasteiger partial charge in [0.15, 0.2) is 5.69 Å². The summed E-state index contributed by atoms with van der Waals surface area (Å²) in [5.74, 6) is 1.51. The molecular formula is C28H30N6O4S. The van der Waals surface area contributed by atoms with Gasteiger partial charge in [-0.2, -0.15) is 0 Å². The van der Waals surface area contributed by atoms with Crippen LogP contribution in [0.4, 0.5) is 22.2 Å². The first-order chi connectivity index (χ1) is 19.0. The molecule has 1 aliphatic heterocycles. The third-order valence-corrected chi connectivity index (χ3v) is 9.23. The number of ether oxygens (including phenoxy) is 1. The number of carbonyl (C=O) groups is 3. The minimum absolute atomic E-state index is 0.00521. The van der Waals surface area contributed by atoms with Crippen LogP contribution in [0.15, 0.2) is 24.5 Å². The number of anilines is 4. The fourth-order valence-corrected chi connectivity index (χ4v) is 6.68. The van der Waals surface area contributed by atoms with Crippen molar-refractivity contribution in [3.8, 4) is 5.75 Å². The number of hydrogen-bond acceptors (Lipinski definition) is 7. The van der Waals surface area contributed by atoms with Gasteiger partial charge in [-0.15, -0.1) is 11.3 Å². The van der Waals surface area contributed by atoms with Crippen LogP contribution in [0.1, 0.15) is 69.4 Å². The van der Waals surface area contributed by atoms with Crippen LogP contribution in [0.25, 0.3) is 0 Å². The van der Waals surface area contributed by atoms with E-state index in [1.165, 1.54) is 11.3 Å². The monoisotopic (exact) mass is 546 g/mol. The van der Waals surface area contributed by atoms with Crippen LogP contribution >= 0.6 is 11.3 Å². The summed E-state index contributed by atoms with van der Waals surface area (Å²) in [5, 5.41) is 13.2. The highest BCUT2D eigenvalue weighted by atomic mass is 32.1. The molecular weight excluding hydrogens is 516 g/mol. The first kappa shape index (κ1) is 24.2. The quantitative estimate of drug-likeness (QED) is 0.346. The molecule has 3 aliphatic carbocycles. The molecule has 39 heavy (non-hydrogen) atoms. The van der Waals surface area contributed by atoms with Crippen molar-refractivity contribution in [1.82, 2.24) is 14.9 Å². The number of nitrogens with zero attached hydrogens (tertiary/aromatic N) is 2. The molecule has 2 saturated carbocycles. The third kappa shape index (κ3) is 4.54. The number of rotatable bonds is 7. The summed E-state index contributed by atoms with van der Waals surface area (Å²) in [4.78, 5) is 44.7. The van der Waals surface area contributed by atoms with Crippen LogP contribution in [-0.4, -0.2) is 40.9 Å². The largest absolute Gasteiger partial charge is 0.497 e. The normalized spacial score (nSPS) is 19.5. The molecule has 3 aromatic rings. The summed E-state index contributed by atoms with van der Waals surface area (Å²) in [5.41, 5.74) is 3.28. The van der Waals surface area contributed by atoms with Crippen LogP contribution < -0.4 is 26.0 Å². The summed E-state index contributed by atoms with van der Waals surface area (Å²) in [7, 11) is 1.60. The number of aromatic nitrogens is 2. The predicted octanol–water partition coefficient (Wildman–Crippen LogP) is 4.48. The Labute approximate surface area is 229 Å². The Bertz CT molecular complexity index is 1500. The minimum atomic E-state index is -0.280. The molecule has 1 atom stereocenters. The second kappa shape index (κ2) is 9.41. The average Bonchev–Trinajstić information content (AvgIpc) is 3.86. The van der Waals surface area contributed by atoms with Gasteiger partial charge in [-0.25, -0.2) is 4.98 Å². The third-order valence-electron chi connectivity index (χ3n) is 8.03. The van der Waals surface area contributed by atoms with Crippen molar-refractivity contribution in [2.45, 2.75) is 51.0 Å². The predicted molar refractivity (Wildman–Crippen MR) is 148 cm³/mol. The van der Waals surface area contributed by atoms with Gasteiger partial charge in [0.1, 0.15) is 16.6 Å². The van der Waals surface area contributed by atoms with Crippen LogP contribution in [-0.2, 0) is 17.6 Å². The van der Waals surface area contributed by atoms with Crippen molar-refractivity contribution in [3.05, 3.63) is 46.2 Å². The Morgan fingerprint density at radius 2 is 2.00 bits per heavy atom. The van der Waals surface area contributed by atoms with E-state index in [4.69, 9.17) is 4.74 Å². The smallest absolute Gasteiger partial charge is 0.278 e. The number of fused-ring (bicyclic) bond motifs is 3. The summed E-state index contributed by atoms with van der Waals surface area (Å²) in [6.07, 6.45) is 8.02. The van der Waals surface area contributed by atoms with Gasteiger partial charge in [0.05, 0.1) is 30.4 Å². The fraction of sp³-hybridized carbons (Fsp3) is 0.429. The lowest BCUT2D eigenvalue weighted by molar-refractivity contribution is -0.117. The van der Waals surface area contributed by atoms with Gasteiger partial charge in [0.2, 0.25) is 5.91 Å². The number of carbonyl (C=O) groups excluding carboxylic acids is 3. The maximum atomic E-state index is 13.5. The fourth-order valence-electron chi connectivity index (χ4n) is 5.44. The van der Waals surface area contributed by atoms with Gasteiger partial charge < -0.3 is 30.6 Å². The molecule has 3 amide bonds. The maximum absolute atomic E-state index is 13.5. The number of thiophene rings is 1. The SMILES string of the molecule is COc1ccc2c(c1)Nc1c(ncn1[C@H]1CCc3sc(NC(=O)C4CC4)c(C(=O)NCC4CC4)c3C1)C(=O)N2. The Morgan fingerprint density at radius 3 is 2.77 bits per heavy atom. The highest BCUT2D eigenvalue weighted by molar-refractivity contribution is 7.17. The molecule has 0 spiro atoms. The maximum Gasteiger partial charge on any atom is 0.278 e. The summed E-state index contributed by atoms with van der Waals surface area (Å²) in [6.45, 7) is 0.666. The lowest BCUT2D eigenvalue weighted by Gasteiger charge is -2.26. The molecule has 10 nitrogen and oxygen atoms in total. The second-order valence-electron chi connectivity index (χ2n) is 10.9. The van der Waals surface area contributed by atoms with Crippen molar-refractivity contribution in [3.63, 3.8) is 0 Å². The molecule has 0 radical (unpaired) electrons. The standard InChI is InChI=1S/C28H30N6O4S/c1-38-17-7-8-19-20(11-17)31-24-23(27(37)32-19)30-13-34(24)16-6-9-21-18(10-16)22(26(36)29-12-14-2-3-14)28(39-21)33-25(35)15-4-5-15/h7-8,11,13-16,31H,2-6,9-10,12H2,1H3,(H,29,36)(H,32,37)(H,33,35)/t16-/m0/s1. The summed E-state index contributed by atoms with van der Waals surface area (Å²) in [6, 6.07) is 5.43. The van der Waals surface area contributed by atoms with E-state index in [0.717, 1.165) is 54.7 Å². The highest BCUT2D eigenvalue weighted by Crippen LogP contribution is 2.44. The Balaban J connectivity index is 1.21. The zero-order valence-corrected chi connectivity index (χ0v) is 22.5. The Morgan fingerprint density at radius 1 is 1.15 bits per heavy atom. The molecule has 3 heterocycles. The van der Waals surface area contributed by atoms with Crippen molar-refractivity contribution in [1.29, 1.82) is 0 Å². The van der Waals surface area contributed by atoms with Gasteiger partial charge in [-0.3, -0.25) is 14.4 Å². The van der Waals surface area contributed by atoms with E-state index >= 15 is 0 Å². The molecule has 0 saturated heterocycles. The Kier molecular flexibility index (Phi) is 5.84. The van der Waals surface area contributed by atoms with Gasteiger partial charge in [-0.1, -0.05) is 0 Å². The number of nitrogens with one attached hydrogen (secondary N) is 4. The Hall–Kier alpha value is -3.86. The first-order valence-electron chi connectivity index (χ1n) is 13.5. The first-order valence-corrected chi connectivity index (χ1v) is 14.4.